The van der Waals surface area contributed by atoms with Crippen molar-refractivity contribution in [2.45, 2.75) is 23.9 Å². The first kappa shape index (κ1) is 19.3. The fourth-order valence-electron chi connectivity index (χ4n) is 2.53. The molecule has 2 aromatic carbocycles. The molecule has 27 heavy (non-hydrogen) atoms. The second kappa shape index (κ2) is 8.49. The normalized spacial score (nSPS) is 12.0. The second-order valence-corrected chi connectivity index (χ2v) is 7.68. The zero-order chi connectivity index (χ0) is 19.4. The van der Waals surface area contributed by atoms with Crippen LogP contribution in [0.3, 0.4) is 0 Å². The van der Waals surface area contributed by atoms with Gasteiger partial charge in [0, 0.05) is 18.6 Å². The maximum absolute atomic E-state index is 13.3. The molecule has 9 heteroatoms. The average molecular weight is 406 g/mol. The maximum Gasteiger partial charge on any atom is 0.235 e. The van der Waals surface area contributed by atoms with Crippen molar-refractivity contribution >= 4 is 29.3 Å². The Bertz CT molecular complexity index is 951. The van der Waals surface area contributed by atoms with Gasteiger partial charge in [-0.2, -0.15) is 4.68 Å². The molecule has 1 amide bonds. The van der Waals surface area contributed by atoms with E-state index in [2.05, 4.69) is 15.5 Å². The van der Waals surface area contributed by atoms with Crippen LogP contribution in [0.4, 0.5) is 4.39 Å². The third-order valence-corrected chi connectivity index (χ3v) is 5.06. The molecule has 0 aliphatic carbocycles. The Labute approximate surface area is 165 Å². The van der Waals surface area contributed by atoms with Crippen molar-refractivity contribution in [3.05, 3.63) is 64.9 Å². The molecule has 0 bridgehead atoms. The highest BCUT2D eigenvalue weighted by molar-refractivity contribution is 8.00. The van der Waals surface area contributed by atoms with Crippen molar-refractivity contribution in [2.24, 2.45) is 0 Å². The van der Waals surface area contributed by atoms with Crippen LogP contribution in [0, 0.1) is 5.82 Å². The summed E-state index contributed by atoms with van der Waals surface area (Å²) in [6, 6.07) is 13.3. The van der Waals surface area contributed by atoms with Gasteiger partial charge in [0.05, 0.1) is 10.9 Å². The van der Waals surface area contributed by atoms with E-state index in [-0.39, 0.29) is 11.7 Å². The zero-order valence-electron chi connectivity index (χ0n) is 14.7. The number of thioether (sulfide) groups is 1. The molecule has 1 aromatic heterocycles. The van der Waals surface area contributed by atoms with E-state index < -0.39 is 5.25 Å². The van der Waals surface area contributed by atoms with E-state index in [1.54, 1.807) is 49.2 Å². The Morgan fingerprint density at radius 3 is 2.81 bits per heavy atom. The van der Waals surface area contributed by atoms with E-state index in [4.69, 9.17) is 11.6 Å². The Balaban J connectivity index is 1.69. The van der Waals surface area contributed by atoms with Gasteiger partial charge in [0.15, 0.2) is 0 Å². The van der Waals surface area contributed by atoms with Crippen LogP contribution >= 0.6 is 23.4 Å². The third kappa shape index (κ3) is 4.84. The van der Waals surface area contributed by atoms with Crippen molar-refractivity contribution in [2.75, 3.05) is 7.05 Å². The van der Waals surface area contributed by atoms with Crippen LogP contribution in [0.5, 0.6) is 0 Å². The standard InChI is InChI=1S/C18H17ClFN5OS/c1-12(17(26)24(2)11-13-5-3-7-15(20)9-13)27-18-21-22-23-25(18)16-8-4-6-14(19)10-16/h3-10,12H,11H2,1-2H3/t12-/m1/s1. The minimum Gasteiger partial charge on any atom is -0.340 e. The van der Waals surface area contributed by atoms with Gasteiger partial charge in [0.1, 0.15) is 5.82 Å². The number of nitrogens with zero attached hydrogens (tertiary/aromatic N) is 5. The van der Waals surface area contributed by atoms with E-state index >= 15 is 0 Å². The molecule has 1 atom stereocenters. The first-order chi connectivity index (χ1) is 12.9. The molecule has 140 valence electrons. The summed E-state index contributed by atoms with van der Waals surface area (Å²) in [4.78, 5) is 14.2. The summed E-state index contributed by atoms with van der Waals surface area (Å²) in [6.07, 6.45) is 0. The fraction of sp³-hybridized carbons (Fsp3) is 0.222. The number of carbonyl (C=O) groups is 1. The molecular formula is C18H17ClFN5OS. The lowest BCUT2D eigenvalue weighted by Gasteiger charge is -2.21. The number of rotatable bonds is 6. The van der Waals surface area contributed by atoms with Crippen molar-refractivity contribution in [1.82, 2.24) is 25.1 Å². The van der Waals surface area contributed by atoms with Crippen molar-refractivity contribution in [3.63, 3.8) is 0 Å². The number of aromatic nitrogens is 4. The number of hydrogen-bond donors (Lipinski definition) is 0. The summed E-state index contributed by atoms with van der Waals surface area (Å²) >= 11 is 7.27. The summed E-state index contributed by atoms with van der Waals surface area (Å²) in [6.45, 7) is 2.10. The van der Waals surface area contributed by atoms with Crippen LogP contribution < -0.4 is 0 Å². The van der Waals surface area contributed by atoms with Gasteiger partial charge < -0.3 is 4.90 Å². The summed E-state index contributed by atoms with van der Waals surface area (Å²) in [5.41, 5.74) is 1.44. The molecule has 3 rings (SSSR count). The quantitative estimate of drug-likeness (QED) is 0.586. The topological polar surface area (TPSA) is 63.9 Å². The molecule has 0 fully saturated rings. The third-order valence-electron chi connectivity index (χ3n) is 3.81. The molecular weight excluding hydrogens is 389 g/mol. The van der Waals surface area contributed by atoms with Crippen LogP contribution in [0.2, 0.25) is 5.02 Å². The van der Waals surface area contributed by atoms with Crippen LogP contribution in [0.15, 0.2) is 53.7 Å². The lowest BCUT2D eigenvalue weighted by molar-refractivity contribution is -0.129. The number of tetrazole rings is 1. The van der Waals surface area contributed by atoms with Gasteiger partial charge in [-0.1, -0.05) is 41.6 Å². The molecule has 0 unspecified atom stereocenters. The Hall–Kier alpha value is -2.45. The fourth-order valence-corrected chi connectivity index (χ4v) is 3.64. The van der Waals surface area contributed by atoms with Gasteiger partial charge in [-0.05, 0) is 53.2 Å². The highest BCUT2D eigenvalue weighted by atomic mass is 35.5. The van der Waals surface area contributed by atoms with Gasteiger partial charge in [0.2, 0.25) is 11.1 Å². The number of benzene rings is 2. The molecule has 0 aliphatic heterocycles. The van der Waals surface area contributed by atoms with Crippen LogP contribution in [-0.2, 0) is 11.3 Å². The van der Waals surface area contributed by atoms with E-state index in [0.717, 1.165) is 5.56 Å². The summed E-state index contributed by atoms with van der Waals surface area (Å²) in [5.74, 6) is -0.429. The highest BCUT2D eigenvalue weighted by Crippen LogP contribution is 2.25. The minimum absolute atomic E-state index is 0.107. The lowest BCUT2D eigenvalue weighted by Crippen LogP contribution is -2.33. The highest BCUT2D eigenvalue weighted by Gasteiger charge is 2.22. The van der Waals surface area contributed by atoms with Crippen molar-refractivity contribution in [3.8, 4) is 5.69 Å². The Morgan fingerprint density at radius 1 is 1.30 bits per heavy atom. The zero-order valence-corrected chi connectivity index (χ0v) is 16.3. The molecule has 0 aliphatic rings. The number of carbonyl (C=O) groups excluding carboxylic acids is 1. The first-order valence-corrected chi connectivity index (χ1v) is 9.40. The molecule has 3 aromatic rings. The van der Waals surface area contributed by atoms with Crippen LogP contribution in [0.1, 0.15) is 12.5 Å². The van der Waals surface area contributed by atoms with Gasteiger partial charge >= 0.3 is 0 Å². The van der Waals surface area contributed by atoms with E-state index in [0.29, 0.717) is 22.4 Å². The molecule has 6 nitrogen and oxygen atoms in total. The number of amides is 1. The first-order valence-electron chi connectivity index (χ1n) is 8.14. The molecule has 0 saturated carbocycles. The lowest BCUT2D eigenvalue weighted by atomic mass is 10.2. The largest absolute Gasteiger partial charge is 0.340 e. The minimum atomic E-state index is -0.424. The molecule has 0 radical (unpaired) electrons. The monoisotopic (exact) mass is 405 g/mol. The predicted molar refractivity (Wildman–Crippen MR) is 102 cm³/mol. The second-order valence-electron chi connectivity index (χ2n) is 5.94. The molecule has 0 spiro atoms. The van der Waals surface area contributed by atoms with Gasteiger partial charge in [0.25, 0.3) is 0 Å². The van der Waals surface area contributed by atoms with Gasteiger partial charge in [-0.15, -0.1) is 5.10 Å². The number of hydrogen-bond acceptors (Lipinski definition) is 5. The smallest absolute Gasteiger partial charge is 0.235 e. The van der Waals surface area contributed by atoms with E-state index in [9.17, 15) is 9.18 Å². The van der Waals surface area contributed by atoms with Gasteiger partial charge in [-0.25, -0.2) is 4.39 Å². The summed E-state index contributed by atoms with van der Waals surface area (Å²) in [7, 11) is 1.68. The molecule has 0 saturated heterocycles. The summed E-state index contributed by atoms with van der Waals surface area (Å²) in [5, 5.41) is 12.3. The number of halogens is 2. The SMILES string of the molecule is C[C@@H](Sc1nnnn1-c1cccc(Cl)c1)C(=O)N(C)Cc1cccc(F)c1. The maximum atomic E-state index is 13.3. The van der Waals surface area contributed by atoms with Crippen molar-refractivity contribution in [1.29, 1.82) is 0 Å². The average Bonchev–Trinajstić information content (AvgIpc) is 3.09. The van der Waals surface area contributed by atoms with E-state index in [1.807, 2.05) is 6.07 Å². The molecule has 1 heterocycles. The Kier molecular flexibility index (Phi) is 6.08. The van der Waals surface area contributed by atoms with E-state index in [1.165, 1.54) is 28.6 Å². The molecule has 0 N–H and O–H groups in total. The van der Waals surface area contributed by atoms with Crippen molar-refractivity contribution < 1.29 is 9.18 Å². The van der Waals surface area contributed by atoms with Crippen LogP contribution in [-0.4, -0.2) is 43.3 Å². The van der Waals surface area contributed by atoms with Crippen LogP contribution in [0.25, 0.3) is 5.69 Å². The van der Waals surface area contributed by atoms with Gasteiger partial charge in [-0.3, -0.25) is 4.79 Å². The summed E-state index contributed by atoms with van der Waals surface area (Å²) < 4.78 is 14.9. The predicted octanol–water partition coefficient (Wildman–Crippen LogP) is 3.59. The Morgan fingerprint density at radius 2 is 2.07 bits per heavy atom.